The zero-order chi connectivity index (χ0) is 17.8. The molecule has 8 nitrogen and oxygen atoms in total. The molecule has 0 radical (unpaired) electrons. The summed E-state index contributed by atoms with van der Waals surface area (Å²) in [6, 6.07) is 7.90. The maximum Gasteiger partial charge on any atom is 0.134 e. The SMILES string of the molecule is N#Cc1ccc(N2CCN(c3cc(N4CCOCC4)ncn3)CC2)nc1. The molecule has 0 N–H and O–H groups in total. The van der Waals surface area contributed by atoms with Gasteiger partial charge in [0.1, 0.15) is 29.9 Å². The average Bonchev–Trinajstić information content (AvgIpc) is 2.75. The molecule has 2 aliphatic rings. The van der Waals surface area contributed by atoms with Gasteiger partial charge in [0.05, 0.1) is 18.8 Å². The first kappa shape index (κ1) is 16.5. The highest BCUT2D eigenvalue weighted by molar-refractivity contribution is 5.52. The summed E-state index contributed by atoms with van der Waals surface area (Å²) in [6.07, 6.45) is 3.27. The molecule has 0 unspecified atom stereocenters. The van der Waals surface area contributed by atoms with Crippen molar-refractivity contribution in [3.05, 3.63) is 36.3 Å². The first-order valence-electron chi connectivity index (χ1n) is 8.84. The number of rotatable bonds is 3. The van der Waals surface area contributed by atoms with E-state index in [4.69, 9.17) is 10.00 Å². The predicted molar refractivity (Wildman–Crippen MR) is 98.4 cm³/mol. The number of hydrogen-bond acceptors (Lipinski definition) is 8. The average molecular weight is 351 g/mol. The standard InChI is InChI=1S/C18H21N7O/c19-12-15-1-2-16(20-13-15)23-3-5-24(6-4-23)17-11-18(22-14-21-17)25-7-9-26-10-8-25/h1-2,11,13-14H,3-10H2. The van der Waals surface area contributed by atoms with E-state index in [1.807, 2.05) is 12.1 Å². The van der Waals surface area contributed by atoms with Gasteiger partial charge in [0.15, 0.2) is 0 Å². The van der Waals surface area contributed by atoms with Gasteiger partial charge in [-0.2, -0.15) is 5.26 Å². The first-order valence-corrected chi connectivity index (χ1v) is 8.84. The fourth-order valence-corrected chi connectivity index (χ4v) is 3.28. The highest BCUT2D eigenvalue weighted by Gasteiger charge is 2.20. The molecule has 4 rings (SSSR count). The number of nitrogens with zero attached hydrogens (tertiary/aromatic N) is 7. The van der Waals surface area contributed by atoms with Crippen molar-refractivity contribution in [2.75, 3.05) is 67.2 Å². The Morgan fingerprint density at radius 2 is 1.42 bits per heavy atom. The third-order valence-corrected chi connectivity index (χ3v) is 4.78. The van der Waals surface area contributed by atoms with Gasteiger partial charge in [-0.05, 0) is 12.1 Å². The van der Waals surface area contributed by atoms with Crippen molar-refractivity contribution in [3.63, 3.8) is 0 Å². The number of pyridine rings is 1. The fraction of sp³-hybridized carbons (Fsp3) is 0.444. The molecule has 0 amide bonds. The van der Waals surface area contributed by atoms with Crippen LogP contribution in [0.5, 0.6) is 0 Å². The Bertz CT molecular complexity index is 775. The van der Waals surface area contributed by atoms with Gasteiger partial charge in [0.25, 0.3) is 0 Å². The lowest BCUT2D eigenvalue weighted by Gasteiger charge is -2.36. The highest BCUT2D eigenvalue weighted by Crippen LogP contribution is 2.21. The van der Waals surface area contributed by atoms with Crippen molar-refractivity contribution >= 4 is 17.5 Å². The summed E-state index contributed by atoms with van der Waals surface area (Å²) in [5.74, 6) is 2.85. The van der Waals surface area contributed by atoms with Crippen molar-refractivity contribution in [1.82, 2.24) is 15.0 Å². The number of ether oxygens (including phenoxy) is 1. The molecule has 0 saturated carbocycles. The summed E-state index contributed by atoms with van der Waals surface area (Å²) in [4.78, 5) is 20.0. The molecular weight excluding hydrogens is 330 g/mol. The Labute approximate surface area is 152 Å². The first-order chi connectivity index (χ1) is 12.8. The van der Waals surface area contributed by atoms with Crippen LogP contribution in [0.3, 0.4) is 0 Å². The van der Waals surface area contributed by atoms with Crippen molar-refractivity contribution in [3.8, 4) is 6.07 Å². The maximum atomic E-state index is 8.88. The van der Waals surface area contributed by atoms with Crippen LogP contribution in [0.25, 0.3) is 0 Å². The Balaban J connectivity index is 1.40. The lowest BCUT2D eigenvalue weighted by molar-refractivity contribution is 0.122. The van der Waals surface area contributed by atoms with Crippen LogP contribution in [0.4, 0.5) is 17.5 Å². The van der Waals surface area contributed by atoms with Gasteiger partial charge >= 0.3 is 0 Å². The number of piperazine rings is 1. The van der Waals surface area contributed by atoms with Gasteiger partial charge < -0.3 is 19.4 Å². The number of hydrogen-bond donors (Lipinski definition) is 0. The minimum Gasteiger partial charge on any atom is -0.378 e. The summed E-state index contributed by atoms with van der Waals surface area (Å²) in [5, 5.41) is 8.88. The molecule has 2 saturated heterocycles. The van der Waals surface area contributed by atoms with E-state index in [1.54, 1.807) is 12.5 Å². The molecule has 0 atom stereocenters. The van der Waals surface area contributed by atoms with E-state index in [2.05, 4.69) is 41.8 Å². The largest absolute Gasteiger partial charge is 0.378 e. The molecule has 26 heavy (non-hydrogen) atoms. The molecule has 0 aliphatic carbocycles. The van der Waals surface area contributed by atoms with Gasteiger partial charge in [-0.1, -0.05) is 0 Å². The van der Waals surface area contributed by atoms with Crippen molar-refractivity contribution in [1.29, 1.82) is 5.26 Å². The topological polar surface area (TPSA) is 81.4 Å². The predicted octanol–water partition coefficient (Wildman–Crippen LogP) is 0.906. The second-order valence-electron chi connectivity index (χ2n) is 6.32. The van der Waals surface area contributed by atoms with E-state index in [9.17, 15) is 0 Å². The Morgan fingerprint density at radius 1 is 0.808 bits per heavy atom. The van der Waals surface area contributed by atoms with E-state index in [0.29, 0.717) is 5.56 Å². The van der Waals surface area contributed by atoms with Gasteiger partial charge in [-0.25, -0.2) is 15.0 Å². The summed E-state index contributed by atoms with van der Waals surface area (Å²) in [5.41, 5.74) is 0.587. The van der Waals surface area contributed by atoms with Gasteiger partial charge in [-0.15, -0.1) is 0 Å². The summed E-state index contributed by atoms with van der Waals surface area (Å²) >= 11 is 0. The molecule has 0 bridgehead atoms. The fourth-order valence-electron chi connectivity index (χ4n) is 3.28. The number of anilines is 3. The highest BCUT2D eigenvalue weighted by atomic mass is 16.5. The smallest absolute Gasteiger partial charge is 0.134 e. The van der Waals surface area contributed by atoms with Crippen LogP contribution in [0.15, 0.2) is 30.7 Å². The van der Waals surface area contributed by atoms with Gasteiger partial charge in [-0.3, -0.25) is 0 Å². The molecular formula is C18H21N7O. The minimum absolute atomic E-state index is 0.587. The zero-order valence-electron chi connectivity index (χ0n) is 14.6. The Kier molecular flexibility index (Phi) is 4.80. The molecule has 2 aromatic heterocycles. The van der Waals surface area contributed by atoms with Crippen molar-refractivity contribution in [2.24, 2.45) is 0 Å². The lowest BCUT2D eigenvalue weighted by Crippen LogP contribution is -2.47. The maximum absolute atomic E-state index is 8.88. The lowest BCUT2D eigenvalue weighted by atomic mass is 10.2. The van der Waals surface area contributed by atoms with E-state index < -0.39 is 0 Å². The van der Waals surface area contributed by atoms with Crippen molar-refractivity contribution in [2.45, 2.75) is 0 Å². The molecule has 0 spiro atoms. The molecule has 0 aromatic carbocycles. The van der Waals surface area contributed by atoms with Crippen LogP contribution in [0, 0.1) is 11.3 Å². The van der Waals surface area contributed by atoms with E-state index in [-0.39, 0.29) is 0 Å². The Hall–Kier alpha value is -2.92. The second-order valence-corrected chi connectivity index (χ2v) is 6.32. The van der Waals surface area contributed by atoms with Crippen LogP contribution in [-0.2, 0) is 4.74 Å². The van der Waals surface area contributed by atoms with Crippen molar-refractivity contribution < 1.29 is 4.74 Å². The molecule has 2 fully saturated rings. The van der Waals surface area contributed by atoms with E-state index in [0.717, 1.165) is 69.9 Å². The summed E-state index contributed by atoms with van der Waals surface area (Å²) in [6.45, 7) is 6.72. The number of morpholine rings is 1. The normalized spacial score (nSPS) is 17.9. The van der Waals surface area contributed by atoms with Crippen LogP contribution >= 0.6 is 0 Å². The molecule has 4 heterocycles. The van der Waals surface area contributed by atoms with Gasteiger partial charge in [0.2, 0.25) is 0 Å². The summed E-state index contributed by atoms with van der Waals surface area (Å²) < 4.78 is 5.41. The third-order valence-electron chi connectivity index (χ3n) is 4.78. The molecule has 2 aliphatic heterocycles. The van der Waals surface area contributed by atoms with Crippen LogP contribution in [0.1, 0.15) is 5.56 Å². The van der Waals surface area contributed by atoms with Crippen LogP contribution < -0.4 is 14.7 Å². The van der Waals surface area contributed by atoms with Crippen LogP contribution in [-0.4, -0.2) is 67.4 Å². The number of nitriles is 1. The molecule has 8 heteroatoms. The second kappa shape index (κ2) is 7.54. The quantitative estimate of drug-likeness (QED) is 0.807. The Morgan fingerprint density at radius 3 is 2.00 bits per heavy atom. The van der Waals surface area contributed by atoms with Crippen LogP contribution in [0.2, 0.25) is 0 Å². The van der Waals surface area contributed by atoms with Gasteiger partial charge in [0, 0.05) is 51.5 Å². The zero-order valence-corrected chi connectivity index (χ0v) is 14.6. The molecule has 134 valence electrons. The minimum atomic E-state index is 0.587. The van der Waals surface area contributed by atoms with E-state index in [1.165, 1.54) is 0 Å². The molecule has 2 aromatic rings. The summed E-state index contributed by atoms with van der Waals surface area (Å²) in [7, 11) is 0. The monoisotopic (exact) mass is 351 g/mol. The van der Waals surface area contributed by atoms with E-state index >= 15 is 0 Å². The third kappa shape index (κ3) is 3.53. The number of aromatic nitrogens is 3.